The minimum absolute atomic E-state index is 0.231. The average Bonchev–Trinajstić information content (AvgIpc) is 2.36. The van der Waals surface area contributed by atoms with Crippen molar-refractivity contribution in [3.8, 4) is 5.75 Å². The Hall–Kier alpha value is -1.24. The number of thiocarbonyl (C=S) groups is 1. The SMILES string of the molecule is CCNC(=S)NNC(=O)COc1c(Cl)cccc1Cl. The van der Waals surface area contributed by atoms with Crippen molar-refractivity contribution in [1.82, 2.24) is 16.2 Å². The van der Waals surface area contributed by atoms with Gasteiger partial charge in [-0.05, 0) is 31.3 Å². The molecule has 0 unspecified atom stereocenters. The molecule has 104 valence electrons. The fourth-order valence-corrected chi connectivity index (χ4v) is 1.83. The summed E-state index contributed by atoms with van der Waals surface area (Å²) in [5.74, 6) is -0.133. The van der Waals surface area contributed by atoms with Crippen molar-refractivity contribution >= 4 is 46.4 Å². The highest BCUT2D eigenvalue weighted by atomic mass is 35.5. The summed E-state index contributed by atoms with van der Waals surface area (Å²) in [7, 11) is 0. The molecule has 5 nitrogen and oxygen atoms in total. The van der Waals surface area contributed by atoms with E-state index in [0.717, 1.165) is 0 Å². The molecule has 1 rings (SSSR count). The van der Waals surface area contributed by atoms with Crippen LogP contribution in [0, 0.1) is 0 Å². The van der Waals surface area contributed by atoms with Gasteiger partial charge in [0.25, 0.3) is 5.91 Å². The number of halogens is 2. The quantitative estimate of drug-likeness (QED) is 0.584. The molecular weight excluding hydrogens is 309 g/mol. The molecule has 0 saturated heterocycles. The number of hydrogen-bond donors (Lipinski definition) is 3. The summed E-state index contributed by atoms with van der Waals surface area (Å²) in [4.78, 5) is 11.5. The fraction of sp³-hybridized carbons (Fsp3) is 0.273. The predicted molar refractivity (Wildman–Crippen MR) is 79.5 cm³/mol. The van der Waals surface area contributed by atoms with Crippen molar-refractivity contribution in [3.05, 3.63) is 28.2 Å². The average molecular weight is 322 g/mol. The molecule has 0 saturated carbocycles. The lowest BCUT2D eigenvalue weighted by Gasteiger charge is -2.12. The summed E-state index contributed by atoms with van der Waals surface area (Å²) in [6, 6.07) is 4.94. The molecule has 0 atom stereocenters. The van der Waals surface area contributed by atoms with E-state index >= 15 is 0 Å². The number of benzene rings is 1. The first-order valence-corrected chi connectivity index (χ1v) is 6.60. The van der Waals surface area contributed by atoms with Gasteiger partial charge in [0.1, 0.15) is 0 Å². The number of ether oxygens (including phenoxy) is 1. The van der Waals surface area contributed by atoms with E-state index in [2.05, 4.69) is 16.2 Å². The third-order valence-electron chi connectivity index (χ3n) is 1.92. The number of hydrazine groups is 1. The number of para-hydroxylation sites is 1. The van der Waals surface area contributed by atoms with Gasteiger partial charge in [-0.1, -0.05) is 29.3 Å². The second-order valence-corrected chi connectivity index (χ2v) is 4.59. The van der Waals surface area contributed by atoms with Crippen LogP contribution in [0.1, 0.15) is 6.92 Å². The third-order valence-corrected chi connectivity index (χ3v) is 2.76. The van der Waals surface area contributed by atoms with Crippen LogP contribution >= 0.6 is 35.4 Å². The molecule has 0 aliphatic heterocycles. The van der Waals surface area contributed by atoms with Crippen LogP contribution in [0.15, 0.2) is 18.2 Å². The highest BCUT2D eigenvalue weighted by Gasteiger charge is 2.09. The molecule has 8 heteroatoms. The monoisotopic (exact) mass is 321 g/mol. The molecule has 3 N–H and O–H groups in total. The maximum Gasteiger partial charge on any atom is 0.276 e. The fourth-order valence-electron chi connectivity index (χ4n) is 1.13. The normalized spacial score (nSPS) is 9.63. The molecule has 1 amide bonds. The summed E-state index contributed by atoms with van der Waals surface area (Å²) in [5.41, 5.74) is 4.90. The molecule has 0 aliphatic rings. The Bertz CT molecular complexity index is 451. The Morgan fingerprint density at radius 1 is 1.32 bits per heavy atom. The zero-order valence-electron chi connectivity index (χ0n) is 10.1. The Morgan fingerprint density at radius 3 is 2.53 bits per heavy atom. The maximum atomic E-state index is 11.5. The molecule has 0 bridgehead atoms. The lowest BCUT2D eigenvalue weighted by molar-refractivity contribution is -0.123. The molecule has 0 spiro atoms. The van der Waals surface area contributed by atoms with Gasteiger partial charge in [-0.25, -0.2) is 0 Å². The summed E-state index contributed by atoms with van der Waals surface area (Å²) < 4.78 is 5.24. The largest absolute Gasteiger partial charge is 0.481 e. The first-order valence-electron chi connectivity index (χ1n) is 5.44. The Balaban J connectivity index is 2.40. The van der Waals surface area contributed by atoms with E-state index in [1.807, 2.05) is 6.92 Å². The smallest absolute Gasteiger partial charge is 0.276 e. The minimum atomic E-state index is -0.406. The van der Waals surface area contributed by atoms with E-state index in [-0.39, 0.29) is 12.4 Å². The standard InChI is InChI=1S/C11H13Cl2N3O2S/c1-2-14-11(19)16-15-9(17)6-18-10-7(12)4-3-5-8(10)13/h3-5H,2,6H2,1H3,(H,15,17)(H2,14,16,19). The van der Waals surface area contributed by atoms with Gasteiger partial charge in [0.15, 0.2) is 17.5 Å². The first kappa shape index (κ1) is 15.8. The molecule has 0 aromatic heterocycles. The number of carbonyl (C=O) groups excluding carboxylic acids is 1. The number of hydrogen-bond acceptors (Lipinski definition) is 3. The number of carbonyl (C=O) groups is 1. The van der Waals surface area contributed by atoms with Crippen molar-refractivity contribution in [1.29, 1.82) is 0 Å². The van der Waals surface area contributed by atoms with Crippen molar-refractivity contribution in [2.24, 2.45) is 0 Å². The van der Waals surface area contributed by atoms with Crippen LogP contribution in [-0.4, -0.2) is 24.2 Å². The van der Waals surface area contributed by atoms with Crippen LogP contribution in [0.3, 0.4) is 0 Å². The molecule has 1 aromatic rings. The topological polar surface area (TPSA) is 62.4 Å². The maximum absolute atomic E-state index is 11.5. The minimum Gasteiger partial charge on any atom is -0.481 e. The summed E-state index contributed by atoms with van der Waals surface area (Å²) >= 11 is 16.7. The number of rotatable bonds is 4. The zero-order chi connectivity index (χ0) is 14.3. The number of nitrogens with one attached hydrogen (secondary N) is 3. The predicted octanol–water partition coefficient (Wildman–Crippen LogP) is 1.89. The summed E-state index contributed by atoms with van der Waals surface area (Å²) in [5, 5.41) is 3.83. The molecule has 1 aromatic carbocycles. The second kappa shape index (κ2) is 8.04. The van der Waals surface area contributed by atoms with E-state index in [0.29, 0.717) is 21.7 Å². The summed E-state index contributed by atoms with van der Waals surface area (Å²) in [6.45, 7) is 2.32. The van der Waals surface area contributed by atoms with Gasteiger partial charge in [-0.15, -0.1) is 0 Å². The molecular formula is C11H13Cl2N3O2S. The van der Waals surface area contributed by atoms with Gasteiger partial charge in [0, 0.05) is 6.54 Å². The highest BCUT2D eigenvalue weighted by Crippen LogP contribution is 2.32. The van der Waals surface area contributed by atoms with Crippen molar-refractivity contribution in [2.75, 3.05) is 13.2 Å². The van der Waals surface area contributed by atoms with Gasteiger partial charge in [0.2, 0.25) is 0 Å². The van der Waals surface area contributed by atoms with Crippen LogP contribution in [0.5, 0.6) is 5.75 Å². The third kappa shape index (κ3) is 5.50. The van der Waals surface area contributed by atoms with E-state index < -0.39 is 5.91 Å². The van der Waals surface area contributed by atoms with Crippen molar-refractivity contribution in [2.45, 2.75) is 6.92 Å². The van der Waals surface area contributed by atoms with Crippen molar-refractivity contribution < 1.29 is 9.53 Å². The van der Waals surface area contributed by atoms with E-state index in [4.69, 9.17) is 40.2 Å². The van der Waals surface area contributed by atoms with Gasteiger partial charge in [-0.3, -0.25) is 15.6 Å². The van der Waals surface area contributed by atoms with Crippen LogP contribution in [0.4, 0.5) is 0 Å². The van der Waals surface area contributed by atoms with E-state index in [1.54, 1.807) is 18.2 Å². The first-order chi connectivity index (χ1) is 9.04. The van der Waals surface area contributed by atoms with Gasteiger partial charge >= 0.3 is 0 Å². The molecule has 0 heterocycles. The van der Waals surface area contributed by atoms with Crippen LogP contribution in [0.25, 0.3) is 0 Å². The van der Waals surface area contributed by atoms with Crippen LogP contribution < -0.4 is 20.9 Å². The Labute approximate surface area is 126 Å². The van der Waals surface area contributed by atoms with E-state index in [1.165, 1.54) is 0 Å². The molecule has 19 heavy (non-hydrogen) atoms. The van der Waals surface area contributed by atoms with Crippen LogP contribution in [-0.2, 0) is 4.79 Å². The highest BCUT2D eigenvalue weighted by molar-refractivity contribution is 7.80. The Kier molecular flexibility index (Phi) is 6.69. The Morgan fingerprint density at radius 2 is 1.95 bits per heavy atom. The lowest BCUT2D eigenvalue weighted by Crippen LogP contribution is -2.48. The van der Waals surface area contributed by atoms with Gasteiger partial charge in [0.05, 0.1) is 10.0 Å². The molecule has 0 aliphatic carbocycles. The van der Waals surface area contributed by atoms with E-state index in [9.17, 15) is 4.79 Å². The zero-order valence-corrected chi connectivity index (χ0v) is 12.5. The summed E-state index contributed by atoms with van der Waals surface area (Å²) in [6.07, 6.45) is 0. The number of amides is 1. The van der Waals surface area contributed by atoms with Crippen molar-refractivity contribution in [3.63, 3.8) is 0 Å². The van der Waals surface area contributed by atoms with Gasteiger partial charge in [-0.2, -0.15) is 0 Å². The molecule has 0 fully saturated rings. The van der Waals surface area contributed by atoms with Gasteiger partial charge < -0.3 is 10.1 Å². The second-order valence-electron chi connectivity index (χ2n) is 3.37. The van der Waals surface area contributed by atoms with Crippen LogP contribution in [0.2, 0.25) is 10.0 Å². The molecule has 0 radical (unpaired) electrons. The lowest BCUT2D eigenvalue weighted by atomic mass is 10.3.